The molecule has 4 heteroatoms. The van der Waals surface area contributed by atoms with Crippen molar-refractivity contribution in [2.75, 3.05) is 0 Å². The number of nitrogens with zero attached hydrogens (tertiary/aromatic N) is 2. The number of aliphatic hydroxyl groups excluding tert-OH is 1. The van der Waals surface area contributed by atoms with E-state index in [4.69, 9.17) is 10.00 Å². The van der Waals surface area contributed by atoms with Crippen molar-refractivity contribution in [2.24, 2.45) is 0 Å². The Morgan fingerprint density at radius 1 is 1.37 bits per heavy atom. The number of benzene rings is 1. The molecule has 2 aromatic rings. The summed E-state index contributed by atoms with van der Waals surface area (Å²) in [6.07, 6.45) is 1.00. The molecule has 0 aliphatic carbocycles. The Hall–Kier alpha value is -2.38. The van der Waals surface area contributed by atoms with Crippen LogP contribution in [0.3, 0.4) is 0 Å². The van der Waals surface area contributed by atoms with Gasteiger partial charge in [-0.15, -0.1) is 0 Å². The van der Waals surface area contributed by atoms with Crippen LogP contribution in [0, 0.1) is 11.3 Å². The fraction of sp³-hybridized carbons (Fsp3) is 0.200. The second-order valence-corrected chi connectivity index (χ2v) is 4.16. The van der Waals surface area contributed by atoms with E-state index >= 15 is 0 Å². The number of nitriles is 1. The summed E-state index contributed by atoms with van der Waals surface area (Å²) in [6, 6.07) is 12.8. The number of ether oxygens (including phenoxy) is 1. The van der Waals surface area contributed by atoms with Gasteiger partial charge in [-0.2, -0.15) is 5.26 Å². The Kier molecular flexibility index (Phi) is 4.11. The lowest BCUT2D eigenvalue weighted by molar-refractivity contribution is 0.190. The number of hydrogen-bond acceptors (Lipinski definition) is 4. The minimum atomic E-state index is -0.580. The van der Waals surface area contributed by atoms with Crippen LogP contribution < -0.4 is 4.74 Å². The Balaban J connectivity index is 2.12. The third kappa shape index (κ3) is 3.30. The summed E-state index contributed by atoms with van der Waals surface area (Å²) in [7, 11) is 0. The van der Waals surface area contributed by atoms with E-state index in [0.29, 0.717) is 18.1 Å². The van der Waals surface area contributed by atoms with Crippen LogP contribution in [0.5, 0.6) is 5.75 Å². The molecule has 0 aliphatic heterocycles. The van der Waals surface area contributed by atoms with Crippen molar-refractivity contribution in [1.82, 2.24) is 4.98 Å². The average molecular weight is 254 g/mol. The maximum Gasteiger partial charge on any atom is 0.140 e. The molecule has 0 fully saturated rings. The predicted molar refractivity (Wildman–Crippen MR) is 70.4 cm³/mol. The molecular weight excluding hydrogens is 240 g/mol. The van der Waals surface area contributed by atoms with E-state index in [2.05, 4.69) is 4.98 Å². The molecule has 19 heavy (non-hydrogen) atoms. The Morgan fingerprint density at radius 3 is 2.89 bits per heavy atom. The fourth-order valence-corrected chi connectivity index (χ4v) is 1.74. The molecule has 96 valence electrons. The SMILES string of the molecule is CC(O)c1ccccc1OCc1ccnc(C#N)c1. The third-order valence-electron chi connectivity index (χ3n) is 2.70. The van der Waals surface area contributed by atoms with Crippen LogP contribution in [0.1, 0.15) is 29.8 Å². The fourth-order valence-electron chi connectivity index (χ4n) is 1.74. The van der Waals surface area contributed by atoms with E-state index in [1.165, 1.54) is 0 Å². The van der Waals surface area contributed by atoms with E-state index in [1.807, 2.05) is 30.3 Å². The molecule has 0 amide bonds. The molecule has 4 nitrogen and oxygen atoms in total. The average Bonchev–Trinajstić information content (AvgIpc) is 2.45. The van der Waals surface area contributed by atoms with E-state index in [9.17, 15) is 5.11 Å². The number of rotatable bonds is 4. The van der Waals surface area contributed by atoms with Gasteiger partial charge in [0.2, 0.25) is 0 Å². The van der Waals surface area contributed by atoms with Crippen molar-refractivity contribution in [3.63, 3.8) is 0 Å². The summed E-state index contributed by atoms with van der Waals surface area (Å²) in [5.74, 6) is 0.646. The highest BCUT2D eigenvalue weighted by Gasteiger charge is 2.08. The first kappa shape index (κ1) is 13.1. The van der Waals surface area contributed by atoms with Crippen molar-refractivity contribution in [2.45, 2.75) is 19.6 Å². The molecule has 1 heterocycles. The van der Waals surface area contributed by atoms with E-state index in [-0.39, 0.29) is 0 Å². The maximum atomic E-state index is 9.65. The van der Waals surface area contributed by atoms with Gasteiger partial charge in [-0.3, -0.25) is 0 Å². The Bertz CT molecular complexity index is 603. The van der Waals surface area contributed by atoms with Gasteiger partial charge in [0.1, 0.15) is 24.1 Å². The molecule has 1 aromatic heterocycles. The molecule has 1 aromatic carbocycles. The minimum Gasteiger partial charge on any atom is -0.489 e. The van der Waals surface area contributed by atoms with Gasteiger partial charge in [-0.1, -0.05) is 18.2 Å². The zero-order chi connectivity index (χ0) is 13.7. The van der Waals surface area contributed by atoms with Gasteiger partial charge in [-0.05, 0) is 30.7 Å². The first-order chi connectivity index (χ1) is 9.20. The highest BCUT2D eigenvalue weighted by atomic mass is 16.5. The first-order valence-electron chi connectivity index (χ1n) is 5.95. The highest BCUT2D eigenvalue weighted by Crippen LogP contribution is 2.25. The lowest BCUT2D eigenvalue weighted by atomic mass is 10.1. The van der Waals surface area contributed by atoms with Crippen LogP contribution in [0.25, 0.3) is 0 Å². The molecule has 1 atom stereocenters. The van der Waals surface area contributed by atoms with Crippen molar-refractivity contribution < 1.29 is 9.84 Å². The van der Waals surface area contributed by atoms with Gasteiger partial charge >= 0.3 is 0 Å². The van der Waals surface area contributed by atoms with Crippen LogP contribution in [0.15, 0.2) is 42.6 Å². The lowest BCUT2D eigenvalue weighted by Crippen LogP contribution is -2.01. The van der Waals surface area contributed by atoms with Crippen molar-refractivity contribution >= 4 is 0 Å². The summed E-state index contributed by atoms with van der Waals surface area (Å²) in [6.45, 7) is 2.03. The molecule has 1 unspecified atom stereocenters. The standard InChI is InChI=1S/C15H14N2O2/c1-11(18)14-4-2-3-5-15(14)19-10-12-6-7-17-13(8-12)9-16/h2-8,11,18H,10H2,1H3. The summed E-state index contributed by atoms with van der Waals surface area (Å²) in [4.78, 5) is 3.90. The molecule has 0 spiro atoms. The zero-order valence-electron chi connectivity index (χ0n) is 10.6. The molecule has 0 saturated carbocycles. The Morgan fingerprint density at radius 2 is 2.16 bits per heavy atom. The predicted octanol–water partition coefficient (Wildman–Crippen LogP) is 2.59. The number of aromatic nitrogens is 1. The summed E-state index contributed by atoms with van der Waals surface area (Å²) >= 11 is 0. The quantitative estimate of drug-likeness (QED) is 0.910. The molecule has 0 saturated heterocycles. The normalized spacial score (nSPS) is 11.6. The van der Waals surface area contributed by atoms with Gasteiger partial charge in [-0.25, -0.2) is 4.98 Å². The van der Waals surface area contributed by atoms with Crippen LogP contribution in [0.2, 0.25) is 0 Å². The first-order valence-corrected chi connectivity index (χ1v) is 5.95. The van der Waals surface area contributed by atoms with E-state index in [0.717, 1.165) is 11.1 Å². The molecule has 0 bridgehead atoms. The summed E-state index contributed by atoms with van der Waals surface area (Å²) < 4.78 is 5.69. The smallest absolute Gasteiger partial charge is 0.140 e. The van der Waals surface area contributed by atoms with Gasteiger partial charge < -0.3 is 9.84 Å². The van der Waals surface area contributed by atoms with E-state index < -0.39 is 6.10 Å². The second kappa shape index (κ2) is 5.98. The topological polar surface area (TPSA) is 66.1 Å². The van der Waals surface area contributed by atoms with Crippen LogP contribution in [-0.4, -0.2) is 10.1 Å². The number of para-hydroxylation sites is 1. The van der Waals surface area contributed by atoms with Crippen LogP contribution in [-0.2, 0) is 6.61 Å². The number of aliphatic hydroxyl groups is 1. The van der Waals surface area contributed by atoms with Crippen molar-refractivity contribution in [3.8, 4) is 11.8 Å². The number of pyridine rings is 1. The molecule has 0 radical (unpaired) electrons. The van der Waals surface area contributed by atoms with Gasteiger partial charge in [0, 0.05) is 11.8 Å². The number of hydrogen-bond donors (Lipinski definition) is 1. The highest BCUT2D eigenvalue weighted by molar-refractivity contribution is 5.35. The van der Waals surface area contributed by atoms with E-state index in [1.54, 1.807) is 25.3 Å². The molecule has 0 aliphatic rings. The second-order valence-electron chi connectivity index (χ2n) is 4.16. The van der Waals surface area contributed by atoms with Gasteiger partial charge in [0.15, 0.2) is 0 Å². The maximum absolute atomic E-state index is 9.65. The largest absolute Gasteiger partial charge is 0.489 e. The molecule has 1 N–H and O–H groups in total. The Labute approximate surface area is 111 Å². The van der Waals surface area contributed by atoms with Gasteiger partial charge in [0.25, 0.3) is 0 Å². The van der Waals surface area contributed by atoms with Gasteiger partial charge in [0.05, 0.1) is 6.10 Å². The summed E-state index contributed by atoms with van der Waals surface area (Å²) in [5.41, 5.74) is 1.98. The molecular formula is C15H14N2O2. The summed E-state index contributed by atoms with van der Waals surface area (Å²) in [5, 5.41) is 18.4. The monoisotopic (exact) mass is 254 g/mol. The van der Waals surface area contributed by atoms with Crippen LogP contribution in [0.4, 0.5) is 0 Å². The lowest BCUT2D eigenvalue weighted by Gasteiger charge is -2.13. The third-order valence-corrected chi connectivity index (χ3v) is 2.70. The van der Waals surface area contributed by atoms with Crippen molar-refractivity contribution in [1.29, 1.82) is 5.26 Å². The minimum absolute atomic E-state index is 0.334. The van der Waals surface area contributed by atoms with Crippen molar-refractivity contribution in [3.05, 3.63) is 59.4 Å². The van der Waals surface area contributed by atoms with Crippen LogP contribution >= 0.6 is 0 Å². The molecule has 2 rings (SSSR count). The zero-order valence-corrected chi connectivity index (χ0v) is 10.6.